The van der Waals surface area contributed by atoms with Gasteiger partial charge in [0.15, 0.2) is 0 Å². The molecule has 0 radical (unpaired) electrons. The number of rotatable bonds is 3. The van der Waals surface area contributed by atoms with Gasteiger partial charge in [0, 0.05) is 19.4 Å². The Bertz CT molecular complexity index is 685. The van der Waals surface area contributed by atoms with Gasteiger partial charge >= 0.3 is 52.7 Å². The number of aliphatic carboxylic acids is 2. The Morgan fingerprint density at radius 3 is 2.12 bits per heavy atom. The second-order valence-electron chi connectivity index (χ2n) is 4.14. The summed E-state index contributed by atoms with van der Waals surface area (Å²) in [5.41, 5.74) is 7.16. The van der Waals surface area contributed by atoms with Crippen LogP contribution in [0.25, 0.3) is 0 Å². The van der Waals surface area contributed by atoms with E-state index in [0.717, 1.165) is 11.4 Å². The molecule has 2 rings (SSSR count). The molecule has 25 heavy (non-hydrogen) atoms. The monoisotopic (exact) mass is 553 g/mol. The van der Waals surface area contributed by atoms with E-state index in [1.54, 1.807) is 6.20 Å². The predicted octanol–water partition coefficient (Wildman–Crippen LogP) is 1.04. The van der Waals surface area contributed by atoms with E-state index < -0.39 is 33.2 Å². The number of benzene rings is 1. The van der Waals surface area contributed by atoms with E-state index in [4.69, 9.17) is 45.1 Å². The Labute approximate surface area is 155 Å². The summed E-state index contributed by atoms with van der Waals surface area (Å²) in [7, 11) is 6.70. The molecule has 1 atom stereocenters. The summed E-state index contributed by atoms with van der Waals surface area (Å²) >= 11 is -1.27. The van der Waals surface area contributed by atoms with Gasteiger partial charge in [0.2, 0.25) is 0 Å². The first-order valence-electron chi connectivity index (χ1n) is 6.30. The second kappa shape index (κ2) is 12.1. The van der Waals surface area contributed by atoms with Crippen molar-refractivity contribution < 1.29 is 41.1 Å². The molecule has 0 saturated carbocycles. The van der Waals surface area contributed by atoms with E-state index in [1.165, 1.54) is 0 Å². The fraction of sp³-hybridized carbons (Fsp3) is 0.154. The number of aromatic nitrogens is 2. The average molecular weight is 554 g/mol. The molecule has 0 aliphatic heterocycles. The van der Waals surface area contributed by atoms with Gasteiger partial charge in [-0.1, -0.05) is 30.3 Å². The summed E-state index contributed by atoms with van der Waals surface area (Å²) in [6.07, 6.45) is 3.66. The molecule has 1 unspecified atom stereocenters. The molecule has 0 amide bonds. The number of carboxylic acids is 2. The number of imidazole rings is 1. The maximum absolute atomic E-state index is 9.10. The quantitative estimate of drug-likeness (QED) is 0.288. The molecule has 0 fully saturated rings. The van der Waals surface area contributed by atoms with Crippen LogP contribution in [0.1, 0.15) is 17.4 Å². The van der Waals surface area contributed by atoms with Crippen LogP contribution in [0.15, 0.2) is 42.7 Å². The molecule has 0 spiro atoms. The van der Waals surface area contributed by atoms with Crippen LogP contribution in [0.5, 0.6) is 0 Å². The fourth-order valence-corrected chi connectivity index (χ4v) is 1.49. The van der Waals surface area contributed by atoms with Crippen molar-refractivity contribution in [1.82, 2.24) is 9.55 Å². The van der Waals surface area contributed by atoms with Gasteiger partial charge in [-0.05, 0) is 5.56 Å². The van der Waals surface area contributed by atoms with E-state index in [1.807, 2.05) is 48.1 Å². The number of hydrogen-bond acceptors (Lipinski definition) is 6. The molecule has 0 aliphatic carbocycles. The molecule has 10 nitrogen and oxygen atoms in total. The van der Waals surface area contributed by atoms with Crippen LogP contribution in [-0.2, 0) is 34.4 Å². The van der Waals surface area contributed by atoms with Gasteiger partial charge in [0.05, 0.1) is 6.04 Å². The minimum absolute atomic E-state index is 0.142. The van der Waals surface area contributed by atoms with Crippen molar-refractivity contribution >= 4 is 21.4 Å². The topological polar surface area (TPSA) is 162 Å². The standard InChI is InChI=1S/C11H13N3.C2H2O4.ClH.NO2.Pt/c1-14-8-7-13-11(14)10(12)9-5-3-2-4-6-9;3-1(4)2(5)6;;2-1-3;/h2-8,10H,12H2,1H3;(H,3,4)(H,5,6);1H;;/q;;;;+1/p-1. The first kappa shape index (κ1) is 22.7. The van der Waals surface area contributed by atoms with Crippen molar-refractivity contribution in [2.24, 2.45) is 12.8 Å². The van der Waals surface area contributed by atoms with E-state index in [2.05, 4.69) is 4.98 Å². The first-order chi connectivity index (χ1) is 11.7. The normalized spacial score (nSPS) is 10.5. The predicted molar refractivity (Wildman–Crippen MR) is 83.8 cm³/mol. The summed E-state index contributed by atoms with van der Waals surface area (Å²) in [5.74, 6) is -2.76. The first-order valence-corrected chi connectivity index (χ1v) is 10.1. The number of carboxylic acid groups (broad SMARTS) is 2. The zero-order chi connectivity index (χ0) is 19.4. The van der Waals surface area contributed by atoms with Gasteiger partial charge in [-0.15, -0.1) is 0 Å². The maximum atomic E-state index is 9.10. The number of halogens is 1. The number of nitrogens with zero attached hydrogens (tertiary/aromatic N) is 3. The number of nitro groups is 1. The van der Waals surface area contributed by atoms with Crippen LogP contribution in [0, 0.1) is 10.1 Å². The van der Waals surface area contributed by atoms with Crippen LogP contribution in [0.4, 0.5) is 0 Å². The number of nitrogens with two attached hydrogens (primary N) is 1. The SMILES string of the molecule is Cn1ccnc1C(N)c1ccccc1.O=C(O)C(=O)O.O=[N+]([O-])[Pt][Cl]. The average Bonchev–Trinajstić information content (AvgIpc) is 3.02. The van der Waals surface area contributed by atoms with Crippen LogP contribution >= 0.6 is 9.42 Å². The van der Waals surface area contributed by atoms with Crippen molar-refractivity contribution in [3.8, 4) is 0 Å². The molecule has 12 heteroatoms. The van der Waals surface area contributed by atoms with Crippen molar-refractivity contribution in [2.45, 2.75) is 6.04 Å². The molecular formula is C13H15ClN4O6Pt. The van der Waals surface area contributed by atoms with Crippen LogP contribution < -0.4 is 5.73 Å². The molecular weight excluding hydrogens is 539 g/mol. The molecule has 0 aliphatic rings. The van der Waals surface area contributed by atoms with Gasteiger partial charge in [0.25, 0.3) is 0 Å². The Hall–Kier alpha value is -2.29. The van der Waals surface area contributed by atoms with E-state index in [-0.39, 0.29) is 6.04 Å². The Morgan fingerprint density at radius 1 is 1.32 bits per heavy atom. The van der Waals surface area contributed by atoms with E-state index in [0.29, 0.717) is 0 Å². The number of hydrogen-bond donors (Lipinski definition) is 3. The fourth-order valence-electron chi connectivity index (χ4n) is 1.49. The number of carbonyl (C=O) groups is 2. The Balaban J connectivity index is 0.000000438. The Morgan fingerprint density at radius 2 is 1.80 bits per heavy atom. The third-order valence-electron chi connectivity index (χ3n) is 2.52. The summed E-state index contributed by atoms with van der Waals surface area (Å²) < 4.78 is 1.44. The molecule has 0 saturated heterocycles. The third-order valence-corrected chi connectivity index (χ3v) is 3.55. The molecule has 2 aromatic rings. The summed E-state index contributed by atoms with van der Waals surface area (Å²) in [6, 6.07) is 9.83. The summed E-state index contributed by atoms with van der Waals surface area (Å²) in [6.45, 7) is 0. The van der Waals surface area contributed by atoms with Gasteiger partial charge < -0.3 is 20.5 Å². The molecule has 1 aromatic heterocycles. The van der Waals surface area contributed by atoms with Crippen LogP contribution in [-0.4, -0.2) is 35.2 Å². The molecule has 0 bridgehead atoms. The van der Waals surface area contributed by atoms with Gasteiger partial charge in [-0.3, -0.25) is 0 Å². The molecule has 140 valence electrons. The van der Waals surface area contributed by atoms with Crippen molar-refractivity contribution in [2.75, 3.05) is 0 Å². The van der Waals surface area contributed by atoms with Crippen molar-refractivity contribution in [3.63, 3.8) is 0 Å². The summed E-state index contributed by atoms with van der Waals surface area (Å²) in [5, 5.41) is 23.9. The van der Waals surface area contributed by atoms with E-state index in [9.17, 15) is 0 Å². The van der Waals surface area contributed by atoms with Crippen LogP contribution in [0.2, 0.25) is 0 Å². The van der Waals surface area contributed by atoms with Gasteiger partial charge in [-0.25, -0.2) is 14.6 Å². The zero-order valence-electron chi connectivity index (χ0n) is 12.8. The zero-order valence-corrected chi connectivity index (χ0v) is 15.8. The van der Waals surface area contributed by atoms with Crippen molar-refractivity contribution in [1.29, 1.82) is 0 Å². The molecule has 4 N–H and O–H groups in total. The van der Waals surface area contributed by atoms with Crippen molar-refractivity contribution in [3.05, 3.63) is 64.2 Å². The van der Waals surface area contributed by atoms with Gasteiger partial charge in [0.1, 0.15) is 5.82 Å². The van der Waals surface area contributed by atoms with Crippen LogP contribution in [0.3, 0.4) is 0 Å². The molecule has 1 heterocycles. The van der Waals surface area contributed by atoms with Gasteiger partial charge in [-0.2, -0.15) is 0 Å². The third kappa shape index (κ3) is 9.55. The Kier molecular flexibility index (Phi) is 11.0. The van der Waals surface area contributed by atoms with E-state index >= 15 is 0 Å². The minimum atomic E-state index is -1.82. The summed E-state index contributed by atoms with van der Waals surface area (Å²) in [4.78, 5) is 31.5. The second-order valence-corrected chi connectivity index (χ2v) is 6.23. The molecule has 1 aromatic carbocycles. The number of aryl methyl sites for hydroxylation is 1.